The molecule has 0 saturated heterocycles. The van der Waals surface area contributed by atoms with E-state index in [4.69, 9.17) is 4.74 Å². The number of ether oxygens (including phenoxy) is 1. The third kappa shape index (κ3) is 6.15. The monoisotopic (exact) mass is 250 g/mol. The Morgan fingerprint density at radius 3 is 2.33 bits per heavy atom. The molecule has 1 aromatic carbocycles. The second kappa shape index (κ2) is 7.52. The summed E-state index contributed by atoms with van der Waals surface area (Å²) in [7, 11) is 1.73. The van der Waals surface area contributed by atoms with Crippen LogP contribution in [0, 0.1) is 0 Å². The molecule has 0 saturated carbocycles. The maximum absolute atomic E-state index is 5.20. The van der Waals surface area contributed by atoms with E-state index in [0.717, 1.165) is 19.6 Å². The first-order valence-corrected chi connectivity index (χ1v) is 6.54. The predicted octanol–water partition coefficient (Wildman–Crippen LogP) is 2.31. The highest BCUT2D eigenvalue weighted by Gasteiger charge is 2.07. The van der Waals surface area contributed by atoms with Crippen LogP contribution in [-0.4, -0.2) is 25.7 Å². The largest absolute Gasteiger partial charge is 0.380 e. The molecule has 2 N–H and O–H groups in total. The van der Waals surface area contributed by atoms with E-state index in [1.807, 2.05) is 0 Å². The lowest BCUT2D eigenvalue weighted by molar-refractivity contribution is 0.184. The predicted molar refractivity (Wildman–Crippen MR) is 76.6 cm³/mol. The zero-order chi connectivity index (χ0) is 13.4. The smallest absolute Gasteiger partial charge is 0.0716 e. The Kier molecular flexibility index (Phi) is 6.33. The standard InChI is InChI=1S/C15H26N2O/c1-15(2,3)17-10-9-16-11-13-7-5-6-8-14(13)12-18-4/h5-8,16-17H,9-12H2,1-4H3. The van der Waals surface area contributed by atoms with Crippen LogP contribution in [0.1, 0.15) is 31.9 Å². The van der Waals surface area contributed by atoms with E-state index in [0.29, 0.717) is 6.61 Å². The fourth-order valence-corrected chi connectivity index (χ4v) is 1.78. The van der Waals surface area contributed by atoms with E-state index in [2.05, 4.69) is 55.7 Å². The summed E-state index contributed by atoms with van der Waals surface area (Å²) in [6.07, 6.45) is 0. The average molecular weight is 250 g/mol. The Balaban J connectivity index is 2.31. The molecular weight excluding hydrogens is 224 g/mol. The topological polar surface area (TPSA) is 33.3 Å². The molecule has 0 aliphatic rings. The second-order valence-corrected chi connectivity index (χ2v) is 5.56. The van der Waals surface area contributed by atoms with Crippen molar-refractivity contribution in [2.45, 2.75) is 39.5 Å². The molecule has 0 spiro atoms. The van der Waals surface area contributed by atoms with Crippen molar-refractivity contribution in [2.75, 3.05) is 20.2 Å². The molecule has 0 heterocycles. The van der Waals surface area contributed by atoms with Gasteiger partial charge in [0.25, 0.3) is 0 Å². The van der Waals surface area contributed by atoms with Crippen molar-refractivity contribution in [2.24, 2.45) is 0 Å². The van der Waals surface area contributed by atoms with Gasteiger partial charge in [0.15, 0.2) is 0 Å². The van der Waals surface area contributed by atoms with Gasteiger partial charge in [-0.3, -0.25) is 0 Å². The Morgan fingerprint density at radius 2 is 1.72 bits per heavy atom. The van der Waals surface area contributed by atoms with Gasteiger partial charge in [0, 0.05) is 32.3 Å². The fraction of sp³-hybridized carbons (Fsp3) is 0.600. The summed E-state index contributed by atoms with van der Waals surface area (Å²) in [5.41, 5.74) is 2.77. The Hall–Kier alpha value is -0.900. The quantitative estimate of drug-likeness (QED) is 0.729. The fourth-order valence-electron chi connectivity index (χ4n) is 1.78. The van der Waals surface area contributed by atoms with Gasteiger partial charge in [0.2, 0.25) is 0 Å². The minimum absolute atomic E-state index is 0.190. The Morgan fingerprint density at radius 1 is 1.06 bits per heavy atom. The van der Waals surface area contributed by atoms with Crippen LogP contribution in [0.3, 0.4) is 0 Å². The van der Waals surface area contributed by atoms with Crippen molar-refractivity contribution in [3.05, 3.63) is 35.4 Å². The second-order valence-electron chi connectivity index (χ2n) is 5.56. The van der Waals surface area contributed by atoms with Gasteiger partial charge in [-0.15, -0.1) is 0 Å². The summed E-state index contributed by atoms with van der Waals surface area (Å²) in [4.78, 5) is 0. The summed E-state index contributed by atoms with van der Waals surface area (Å²) in [5.74, 6) is 0. The van der Waals surface area contributed by atoms with Gasteiger partial charge in [-0.05, 0) is 31.9 Å². The van der Waals surface area contributed by atoms with E-state index in [1.165, 1.54) is 11.1 Å². The van der Waals surface area contributed by atoms with Crippen LogP contribution in [0.25, 0.3) is 0 Å². The molecule has 3 nitrogen and oxygen atoms in total. The van der Waals surface area contributed by atoms with Gasteiger partial charge in [0.1, 0.15) is 0 Å². The lowest BCUT2D eigenvalue weighted by Crippen LogP contribution is -2.40. The zero-order valence-corrected chi connectivity index (χ0v) is 12.0. The van der Waals surface area contributed by atoms with E-state index >= 15 is 0 Å². The zero-order valence-electron chi connectivity index (χ0n) is 12.0. The minimum Gasteiger partial charge on any atom is -0.380 e. The van der Waals surface area contributed by atoms with Gasteiger partial charge in [-0.2, -0.15) is 0 Å². The molecule has 0 bridgehead atoms. The number of rotatable bonds is 7. The van der Waals surface area contributed by atoms with Gasteiger partial charge < -0.3 is 15.4 Å². The molecule has 0 fully saturated rings. The van der Waals surface area contributed by atoms with Gasteiger partial charge in [-0.1, -0.05) is 24.3 Å². The van der Waals surface area contributed by atoms with Gasteiger partial charge >= 0.3 is 0 Å². The summed E-state index contributed by atoms with van der Waals surface area (Å²) in [6.45, 7) is 10.1. The number of hydrogen-bond acceptors (Lipinski definition) is 3. The van der Waals surface area contributed by atoms with Crippen LogP contribution in [0.15, 0.2) is 24.3 Å². The summed E-state index contributed by atoms with van der Waals surface area (Å²) in [6, 6.07) is 8.40. The van der Waals surface area contributed by atoms with E-state index < -0.39 is 0 Å². The third-order valence-corrected chi connectivity index (χ3v) is 2.69. The molecule has 0 aromatic heterocycles. The molecule has 0 aliphatic carbocycles. The van der Waals surface area contributed by atoms with Crippen molar-refractivity contribution in [1.82, 2.24) is 10.6 Å². The van der Waals surface area contributed by atoms with Crippen LogP contribution in [0.2, 0.25) is 0 Å². The summed E-state index contributed by atoms with van der Waals surface area (Å²) in [5, 5.41) is 6.92. The first-order valence-electron chi connectivity index (χ1n) is 6.54. The van der Waals surface area contributed by atoms with Crippen LogP contribution >= 0.6 is 0 Å². The van der Waals surface area contributed by atoms with Crippen molar-refractivity contribution in [1.29, 1.82) is 0 Å². The van der Waals surface area contributed by atoms with Crippen LogP contribution in [0.5, 0.6) is 0 Å². The summed E-state index contributed by atoms with van der Waals surface area (Å²) >= 11 is 0. The molecule has 0 aliphatic heterocycles. The van der Waals surface area contributed by atoms with Crippen molar-refractivity contribution >= 4 is 0 Å². The van der Waals surface area contributed by atoms with Crippen LogP contribution in [-0.2, 0) is 17.9 Å². The molecule has 1 rings (SSSR count). The van der Waals surface area contributed by atoms with Crippen molar-refractivity contribution in [3.63, 3.8) is 0 Å². The Labute approximate surface area is 111 Å². The highest BCUT2D eigenvalue weighted by atomic mass is 16.5. The molecule has 18 heavy (non-hydrogen) atoms. The van der Waals surface area contributed by atoms with E-state index in [1.54, 1.807) is 7.11 Å². The lowest BCUT2D eigenvalue weighted by atomic mass is 10.1. The average Bonchev–Trinajstić information content (AvgIpc) is 2.29. The number of benzene rings is 1. The minimum atomic E-state index is 0.190. The lowest BCUT2D eigenvalue weighted by Gasteiger charge is -2.20. The highest BCUT2D eigenvalue weighted by Crippen LogP contribution is 2.09. The van der Waals surface area contributed by atoms with E-state index in [9.17, 15) is 0 Å². The van der Waals surface area contributed by atoms with Gasteiger partial charge in [-0.25, -0.2) is 0 Å². The van der Waals surface area contributed by atoms with E-state index in [-0.39, 0.29) is 5.54 Å². The summed E-state index contributed by atoms with van der Waals surface area (Å²) < 4.78 is 5.20. The highest BCUT2D eigenvalue weighted by molar-refractivity contribution is 5.26. The Bertz CT molecular complexity index is 345. The van der Waals surface area contributed by atoms with Gasteiger partial charge in [0.05, 0.1) is 6.61 Å². The number of hydrogen-bond donors (Lipinski definition) is 2. The van der Waals surface area contributed by atoms with Crippen LogP contribution in [0.4, 0.5) is 0 Å². The normalized spacial score (nSPS) is 11.8. The maximum atomic E-state index is 5.20. The van der Waals surface area contributed by atoms with Crippen molar-refractivity contribution < 1.29 is 4.74 Å². The number of methoxy groups -OCH3 is 1. The van der Waals surface area contributed by atoms with Crippen LogP contribution < -0.4 is 10.6 Å². The molecule has 3 heteroatoms. The molecule has 0 radical (unpaired) electrons. The first-order chi connectivity index (χ1) is 8.53. The molecule has 102 valence electrons. The third-order valence-electron chi connectivity index (χ3n) is 2.69. The molecule has 0 amide bonds. The first kappa shape index (κ1) is 15.2. The maximum Gasteiger partial charge on any atom is 0.0716 e. The SMILES string of the molecule is COCc1ccccc1CNCCNC(C)(C)C. The number of nitrogens with one attached hydrogen (secondary N) is 2. The van der Waals surface area contributed by atoms with Crippen molar-refractivity contribution in [3.8, 4) is 0 Å². The molecule has 0 unspecified atom stereocenters. The molecule has 0 atom stereocenters. The molecular formula is C15H26N2O. The molecule has 1 aromatic rings.